The second kappa shape index (κ2) is 5.64. The maximum absolute atomic E-state index is 9.47. The fourth-order valence-electron chi connectivity index (χ4n) is 2.90. The van der Waals surface area contributed by atoms with Crippen LogP contribution in [0.1, 0.15) is 27.9 Å². The molecule has 22 heavy (non-hydrogen) atoms. The molecule has 0 radical (unpaired) electrons. The second-order valence-electron chi connectivity index (χ2n) is 5.49. The van der Waals surface area contributed by atoms with Gasteiger partial charge in [0.25, 0.3) is 0 Å². The number of methoxy groups -OCH3 is 1. The topological polar surface area (TPSA) is 62.0 Å². The fourth-order valence-corrected chi connectivity index (χ4v) is 2.90. The first kappa shape index (κ1) is 14.3. The molecule has 1 aliphatic heterocycles. The second-order valence-corrected chi connectivity index (χ2v) is 5.49. The molecule has 5 heteroatoms. The highest BCUT2D eigenvalue weighted by atomic mass is 16.5. The van der Waals surface area contributed by atoms with E-state index in [0.29, 0.717) is 11.4 Å². The van der Waals surface area contributed by atoms with Gasteiger partial charge in [0, 0.05) is 18.7 Å². The van der Waals surface area contributed by atoms with Crippen LogP contribution in [0.2, 0.25) is 0 Å². The molecule has 5 nitrogen and oxygen atoms in total. The quantitative estimate of drug-likeness (QED) is 0.851. The van der Waals surface area contributed by atoms with Crippen LogP contribution in [-0.2, 0) is 13.0 Å². The molecule has 2 heterocycles. The van der Waals surface area contributed by atoms with Crippen molar-refractivity contribution in [3.63, 3.8) is 0 Å². The predicted molar refractivity (Wildman–Crippen MR) is 84.0 cm³/mol. The highest BCUT2D eigenvalue weighted by Gasteiger charge is 2.23. The summed E-state index contributed by atoms with van der Waals surface area (Å²) < 4.78 is 5.43. The molecule has 0 unspecified atom stereocenters. The van der Waals surface area contributed by atoms with Crippen molar-refractivity contribution in [2.45, 2.75) is 26.8 Å². The maximum atomic E-state index is 9.47. The Balaban J connectivity index is 2.00. The standard InChI is InChI=1S/C17H18N4O/c1-11-12(2)19-20-17(15(11)9-18)21-8-7-14-13(10-21)5-4-6-16(14)22-3/h4-6H,7-8,10H2,1-3H3. The summed E-state index contributed by atoms with van der Waals surface area (Å²) in [5, 5.41) is 17.9. The molecule has 0 saturated heterocycles. The summed E-state index contributed by atoms with van der Waals surface area (Å²) in [5.41, 5.74) is 4.80. The smallest absolute Gasteiger partial charge is 0.169 e. The largest absolute Gasteiger partial charge is 0.496 e. The Morgan fingerprint density at radius 1 is 1.27 bits per heavy atom. The van der Waals surface area contributed by atoms with Gasteiger partial charge in [-0.05, 0) is 37.5 Å². The highest BCUT2D eigenvalue weighted by Crippen LogP contribution is 2.31. The Morgan fingerprint density at radius 3 is 2.82 bits per heavy atom. The Kier molecular flexibility index (Phi) is 3.68. The van der Waals surface area contributed by atoms with Crippen molar-refractivity contribution in [1.82, 2.24) is 10.2 Å². The lowest BCUT2D eigenvalue weighted by Crippen LogP contribution is -2.32. The number of ether oxygens (including phenoxy) is 1. The Labute approximate surface area is 130 Å². The van der Waals surface area contributed by atoms with Gasteiger partial charge in [0.15, 0.2) is 5.82 Å². The van der Waals surface area contributed by atoms with Gasteiger partial charge < -0.3 is 9.64 Å². The van der Waals surface area contributed by atoms with Gasteiger partial charge in [0.1, 0.15) is 17.4 Å². The van der Waals surface area contributed by atoms with Crippen LogP contribution < -0.4 is 9.64 Å². The summed E-state index contributed by atoms with van der Waals surface area (Å²) in [6, 6.07) is 8.37. The highest BCUT2D eigenvalue weighted by molar-refractivity contribution is 5.59. The molecular weight excluding hydrogens is 276 g/mol. The minimum absolute atomic E-state index is 0.624. The molecule has 112 valence electrons. The van der Waals surface area contributed by atoms with Crippen molar-refractivity contribution in [2.75, 3.05) is 18.6 Å². The van der Waals surface area contributed by atoms with E-state index in [-0.39, 0.29) is 0 Å². The van der Waals surface area contributed by atoms with Gasteiger partial charge in [-0.1, -0.05) is 12.1 Å². The Morgan fingerprint density at radius 2 is 2.09 bits per heavy atom. The number of nitrogens with zero attached hydrogens (tertiary/aromatic N) is 4. The number of fused-ring (bicyclic) bond motifs is 1. The molecule has 0 atom stereocenters. The number of benzene rings is 1. The number of rotatable bonds is 2. The van der Waals surface area contributed by atoms with E-state index in [1.165, 1.54) is 11.1 Å². The van der Waals surface area contributed by atoms with Crippen LogP contribution in [0.4, 0.5) is 5.82 Å². The van der Waals surface area contributed by atoms with Crippen LogP contribution in [0.3, 0.4) is 0 Å². The van der Waals surface area contributed by atoms with Gasteiger partial charge in [-0.2, -0.15) is 10.4 Å². The normalized spacial score (nSPS) is 13.5. The van der Waals surface area contributed by atoms with Gasteiger partial charge in [-0.25, -0.2) is 0 Å². The van der Waals surface area contributed by atoms with Crippen molar-refractivity contribution in [1.29, 1.82) is 5.26 Å². The fraction of sp³-hybridized carbons (Fsp3) is 0.353. The van der Waals surface area contributed by atoms with Crippen LogP contribution in [0, 0.1) is 25.2 Å². The first-order valence-corrected chi connectivity index (χ1v) is 7.29. The molecular formula is C17H18N4O. The van der Waals surface area contributed by atoms with Crippen LogP contribution in [0.25, 0.3) is 0 Å². The van der Waals surface area contributed by atoms with Crippen LogP contribution in [0.15, 0.2) is 18.2 Å². The van der Waals surface area contributed by atoms with Gasteiger partial charge in [-0.15, -0.1) is 5.10 Å². The van der Waals surface area contributed by atoms with Crippen molar-refractivity contribution < 1.29 is 4.74 Å². The van der Waals surface area contributed by atoms with Crippen LogP contribution >= 0.6 is 0 Å². The Bertz CT molecular complexity index is 764. The number of aryl methyl sites for hydroxylation is 1. The first-order valence-electron chi connectivity index (χ1n) is 7.29. The molecule has 0 amide bonds. The maximum Gasteiger partial charge on any atom is 0.169 e. The van der Waals surface area contributed by atoms with Crippen molar-refractivity contribution >= 4 is 5.82 Å². The molecule has 3 rings (SSSR count). The monoisotopic (exact) mass is 294 g/mol. The van der Waals surface area contributed by atoms with Gasteiger partial charge in [-0.3, -0.25) is 0 Å². The lowest BCUT2D eigenvalue weighted by molar-refractivity contribution is 0.407. The molecule has 0 N–H and O–H groups in total. The summed E-state index contributed by atoms with van der Waals surface area (Å²) in [7, 11) is 1.70. The van der Waals surface area contributed by atoms with Crippen LogP contribution in [-0.4, -0.2) is 23.9 Å². The molecule has 0 fully saturated rings. The summed E-state index contributed by atoms with van der Waals surface area (Å²) in [5.74, 6) is 1.61. The first-order chi connectivity index (χ1) is 10.7. The predicted octanol–water partition coefficient (Wildman–Crippen LogP) is 2.54. The van der Waals surface area contributed by atoms with E-state index in [2.05, 4.69) is 27.2 Å². The average molecular weight is 294 g/mol. The van der Waals surface area contributed by atoms with E-state index < -0.39 is 0 Å². The lowest BCUT2D eigenvalue weighted by atomic mass is 9.98. The number of hydrogen-bond acceptors (Lipinski definition) is 5. The average Bonchev–Trinajstić information content (AvgIpc) is 2.56. The zero-order valence-electron chi connectivity index (χ0n) is 13.1. The molecule has 0 saturated carbocycles. The molecule has 0 bridgehead atoms. The summed E-state index contributed by atoms with van der Waals surface area (Å²) in [6.45, 7) is 5.33. The lowest BCUT2D eigenvalue weighted by Gasteiger charge is -2.31. The van der Waals surface area contributed by atoms with Gasteiger partial charge in [0.05, 0.1) is 12.8 Å². The van der Waals surface area contributed by atoms with Gasteiger partial charge >= 0.3 is 0 Å². The van der Waals surface area contributed by atoms with E-state index in [1.54, 1.807) is 7.11 Å². The van der Waals surface area contributed by atoms with Crippen molar-refractivity contribution in [3.8, 4) is 11.8 Å². The summed E-state index contributed by atoms with van der Waals surface area (Å²) in [6.07, 6.45) is 0.874. The van der Waals surface area contributed by atoms with Gasteiger partial charge in [0.2, 0.25) is 0 Å². The molecule has 2 aromatic rings. The summed E-state index contributed by atoms with van der Waals surface area (Å²) >= 11 is 0. The summed E-state index contributed by atoms with van der Waals surface area (Å²) in [4.78, 5) is 2.12. The zero-order chi connectivity index (χ0) is 15.7. The van der Waals surface area contributed by atoms with E-state index in [4.69, 9.17) is 4.74 Å². The zero-order valence-corrected chi connectivity index (χ0v) is 13.1. The number of anilines is 1. The molecule has 0 spiro atoms. The van der Waals surface area contributed by atoms with Crippen molar-refractivity contribution in [2.24, 2.45) is 0 Å². The molecule has 1 aliphatic rings. The number of aromatic nitrogens is 2. The minimum Gasteiger partial charge on any atom is -0.496 e. The SMILES string of the molecule is COc1cccc2c1CCN(c1nnc(C)c(C)c1C#N)C2. The molecule has 1 aromatic carbocycles. The molecule has 1 aromatic heterocycles. The van der Waals surface area contributed by atoms with Crippen LogP contribution in [0.5, 0.6) is 5.75 Å². The third kappa shape index (κ3) is 2.27. The molecule has 0 aliphatic carbocycles. The van der Waals surface area contributed by atoms with Crippen molar-refractivity contribution in [3.05, 3.63) is 46.1 Å². The van der Waals surface area contributed by atoms with E-state index in [9.17, 15) is 5.26 Å². The number of nitriles is 1. The third-order valence-corrected chi connectivity index (χ3v) is 4.29. The Hall–Kier alpha value is -2.61. The third-order valence-electron chi connectivity index (χ3n) is 4.29. The van der Waals surface area contributed by atoms with E-state index >= 15 is 0 Å². The number of hydrogen-bond donors (Lipinski definition) is 0. The minimum atomic E-state index is 0.624. The van der Waals surface area contributed by atoms with E-state index in [0.717, 1.165) is 36.5 Å². The van der Waals surface area contributed by atoms with E-state index in [1.807, 2.05) is 26.0 Å².